The lowest BCUT2D eigenvalue weighted by Gasteiger charge is -2.11. The minimum atomic E-state index is -0.750. The van der Waals surface area contributed by atoms with Gasteiger partial charge >= 0.3 is 11.8 Å². The molecule has 0 bridgehead atoms. The normalized spacial score (nSPS) is 11.8. The van der Waals surface area contributed by atoms with Gasteiger partial charge in [-0.05, 0) is 43.5 Å². The van der Waals surface area contributed by atoms with Gasteiger partial charge in [0.1, 0.15) is 0 Å². The highest BCUT2D eigenvalue weighted by Gasteiger charge is 2.15. The third-order valence-corrected chi connectivity index (χ3v) is 2.85. The van der Waals surface area contributed by atoms with Gasteiger partial charge in [-0.25, -0.2) is 0 Å². The van der Waals surface area contributed by atoms with Gasteiger partial charge in [-0.3, -0.25) is 9.59 Å². The lowest BCUT2D eigenvalue weighted by atomic mass is 10.1. The molecule has 0 fully saturated rings. The molecule has 0 radical (unpaired) electrons. The monoisotopic (exact) mass is 264 g/mol. The number of benzene rings is 1. The number of aliphatic hydroxyl groups excluding tert-OH is 1. The Morgan fingerprint density at radius 3 is 2.58 bits per heavy atom. The molecule has 2 amide bonds. The molecule has 1 rings (SSSR count). The summed E-state index contributed by atoms with van der Waals surface area (Å²) in [5.41, 5.74) is 2.88. The van der Waals surface area contributed by atoms with E-state index in [1.54, 1.807) is 13.0 Å². The molecule has 5 heteroatoms. The summed E-state index contributed by atoms with van der Waals surface area (Å²) >= 11 is 0. The smallest absolute Gasteiger partial charge is 0.313 e. The second-order valence-electron chi connectivity index (χ2n) is 4.51. The number of hydrogen-bond donors (Lipinski definition) is 3. The fourth-order valence-electron chi connectivity index (χ4n) is 1.65. The Labute approximate surface area is 113 Å². The molecule has 1 aromatic rings. The van der Waals surface area contributed by atoms with Crippen LogP contribution in [0.15, 0.2) is 18.2 Å². The molecule has 0 aromatic heterocycles. The van der Waals surface area contributed by atoms with Crippen molar-refractivity contribution >= 4 is 17.5 Å². The van der Waals surface area contributed by atoms with Gasteiger partial charge in [0.15, 0.2) is 0 Å². The zero-order valence-electron chi connectivity index (χ0n) is 11.5. The van der Waals surface area contributed by atoms with E-state index in [-0.39, 0.29) is 6.61 Å². The number of carbonyl (C=O) groups is 2. The van der Waals surface area contributed by atoms with Crippen molar-refractivity contribution in [1.82, 2.24) is 5.32 Å². The van der Waals surface area contributed by atoms with Crippen LogP contribution in [0.2, 0.25) is 0 Å². The second-order valence-corrected chi connectivity index (χ2v) is 4.51. The van der Waals surface area contributed by atoms with E-state index in [1.165, 1.54) is 0 Å². The first-order valence-electron chi connectivity index (χ1n) is 6.30. The number of anilines is 1. The van der Waals surface area contributed by atoms with Crippen molar-refractivity contribution in [3.05, 3.63) is 29.3 Å². The first-order chi connectivity index (χ1) is 8.97. The molecule has 0 aliphatic carbocycles. The number of aryl methyl sites for hydroxylation is 2. The average molecular weight is 264 g/mol. The van der Waals surface area contributed by atoms with E-state index in [0.717, 1.165) is 17.5 Å². The Bertz CT molecular complexity index is 472. The molecule has 104 valence electrons. The van der Waals surface area contributed by atoms with E-state index in [0.29, 0.717) is 5.69 Å². The maximum Gasteiger partial charge on any atom is 0.313 e. The SMILES string of the molecule is CCc1cc(NC(=O)C(=O)NC(C)CO)ccc1C. The third kappa shape index (κ3) is 4.37. The van der Waals surface area contributed by atoms with Crippen molar-refractivity contribution in [2.75, 3.05) is 11.9 Å². The zero-order chi connectivity index (χ0) is 14.4. The van der Waals surface area contributed by atoms with Gasteiger partial charge in [-0.2, -0.15) is 0 Å². The van der Waals surface area contributed by atoms with E-state index < -0.39 is 17.9 Å². The summed E-state index contributed by atoms with van der Waals surface area (Å²) in [7, 11) is 0. The molecule has 19 heavy (non-hydrogen) atoms. The Balaban J connectivity index is 2.69. The van der Waals surface area contributed by atoms with Crippen LogP contribution < -0.4 is 10.6 Å². The van der Waals surface area contributed by atoms with E-state index in [2.05, 4.69) is 10.6 Å². The summed E-state index contributed by atoms with van der Waals surface area (Å²) in [6.07, 6.45) is 0.864. The molecule has 1 aromatic carbocycles. The number of hydrogen-bond acceptors (Lipinski definition) is 3. The van der Waals surface area contributed by atoms with Crippen LogP contribution in [-0.2, 0) is 16.0 Å². The van der Waals surface area contributed by atoms with E-state index >= 15 is 0 Å². The first-order valence-corrected chi connectivity index (χ1v) is 6.30. The summed E-state index contributed by atoms with van der Waals surface area (Å²) in [6, 6.07) is 5.08. The molecule has 0 aliphatic rings. The van der Waals surface area contributed by atoms with Crippen molar-refractivity contribution in [2.24, 2.45) is 0 Å². The Morgan fingerprint density at radius 1 is 1.32 bits per heavy atom. The van der Waals surface area contributed by atoms with Crippen molar-refractivity contribution in [2.45, 2.75) is 33.2 Å². The molecule has 0 saturated heterocycles. The van der Waals surface area contributed by atoms with Gasteiger partial charge in [0.05, 0.1) is 6.61 Å². The minimum absolute atomic E-state index is 0.205. The van der Waals surface area contributed by atoms with Crippen LogP contribution in [-0.4, -0.2) is 29.6 Å². The van der Waals surface area contributed by atoms with Crippen LogP contribution >= 0.6 is 0 Å². The van der Waals surface area contributed by atoms with Crippen LogP contribution in [0, 0.1) is 6.92 Å². The van der Waals surface area contributed by atoms with Crippen molar-refractivity contribution in [1.29, 1.82) is 0 Å². The highest BCUT2D eigenvalue weighted by atomic mass is 16.3. The first kappa shape index (κ1) is 15.2. The minimum Gasteiger partial charge on any atom is -0.394 e. The van der Waals surface area contributed by atoms with Gasteiger partial charge in [0.25, 0.3) is 0 Å². The second kappa shape index (κ2) is 6.89. The van der Waals surface area contributed by atoms with E-state index in [4.69, 9.17) is 5.11 Å². The molecule has 0 spiro atoms. The molecule has 0 heterocycles. The van der Waals surface area contributed by atoms with Gasteiger partial charge in [-0.15, -0.1) is 0 Å². The van der Waals surface area contributed by atoms with E-state index in [9.17, 15) is 9.59 Å². The number of carbonyl (C=O) groups excluding carboxylic acids is 2. The predicted molar refractivity (Wildman–Crippen MR) is 73.9 cm³/mol. The highest BCUT2D eigenvalue weighted by Crippen LogP contribution is 2.15. The summed E-state index contributed by atoms with van der Waals surface area (Å²) in [5, 5.41) is 13.7. The molecule has 0 saturated carbocycles. The van der Waals surface area contributed by atoms with Gasteiger partial charge < -0.3 is 15.7 Å². The number of aliphatic hydroxyl groups is 1. The Hall–Kier alpha value is -1.88. The topological polar surface area (TPSA) is 78.4 Å². The fourth-order valence-corrected chi connectivity index (χ4v) is 1.65. The van der Waals surface area contributed by atoms with Crippen molar-refractivity contribution in [3.63, 3.8) is 0 Å². The van der Waals surface area contributed by atoms with Crippen LogP contribution in [0.3, 0.4) is 0 Å². The maximum atomic E-state index is 11.6. The fraction of sp³-hybridized carbons (Fsp3) is 0.429. The molecular formula is C14H20N2O3. The van der Waals surface area contributed by atoms with Crippen LogP contribution in [0.1, 0.15) is 25.0 Å². The van der Waals surface area contributed by atoms with Crippen molar-refractivity contribution in [3.8, 4) is 0 Å². The van der Waals surface area contributed by atoms with Crippen molar-refractivity contribution < 1.29 is 14.7 Å². The molecule has 3 N–H and O–H groups in total. The average Bonchev–Trinajstić information content (AvgIpc) is 2.40. The molecule has 1 atom stereocenters. The summed E-state index contributed by atoms with van der Waals surface area (Å²) < 4.78 is 0. The number of amides is 2. The zero-order valence-corrected chi connectivity index (χ0v) is 11.5. The van der Waals surface area contributed by atoms with Gasteiger partial charge in [-0.1, -0.05) is 13.0 Å². The largest absolute Gasteiger partial charge is 0.394 e. The number of nitrogens with one attached hydrogen (secondary N) is 2. The Kier molecular flexibility index (Phi) is 5.51. The predicted octanol–water partition coefficient (Wildman–Crippen LogP) is 0.993. The molecule has 0 aliphatic heterocycles. The molecular weight excluding hydrogens is 244 g/mol. The van der Waals surface area contributed by atoms with E-state index in [1.807, 2.05) is 26.0 Å². The quantitative estimate of drug-likeness (QED) is 0.710. The van der Waals surface area contributed by atoms with Crippen LogP contribution in [0.5, 0.6) is 0 Å². The van der Waals surface area contributed by atoms with Gasteiger partial charge in [0, 0.05) is 11.7 Å². The van der Waals surface area contributed by atoms with Gasteiger partial charge in [0.2, 0.25) is 0 Å². The highest BCUT2D eigenvalue weighted by molar-refractivity contribution is 6.39. The summed E-state index contributed by atoms with van der Waals surface area (Å²) in [4.78, 5) is 23.1. The van der Waals surface area contributed by atoms with Crippen LogP contribution in [0.25, 0.3) is 0 Å². The summed E-state index contributed by atoms with van der Waals surface area (Å²) in [6.45, 7) is 5.44. The maximum absolute atomic E-state index is 11.6. The lowest BCUT2D eigenvalue weighted by molar-refractivity contribution is -0.136. The Morgan fingerprint density at radius 2 is 2.00 bits per heavy atom. The van der Waals surface area contributed by atoms with Crippen LogP contribution in [0.4, 0.5) is 5.69 Å². The molecule has 5 nitrogen and oxygen atoms in total. The third-order valence-electron chi connectivity index (χ3n) is 2.85. The number of rotatable bonds is 4. The standard InChI is InChI=1S/C14H20N2O3/c1-4-11-7-12(6-5-9(11)2)16-14(19)13(18)15-10(3)8-17/h5-7,10,17H,4,8H2,1-3H3,(H,15,18)(H,16,19). The molecule has 1 unspecified atom stereocenters. The summed E-state index contributed by atoms with van der Waals surface area (Å²) in [5.74, 6) is -1.48. The lowest BCUT2D eigenvalue weighted by Crippen LogP contribution is -2.42.